The SMILES string of the molecule is CNC(=O)C1CCCN1C(=O)CNC(=O)COc1ccc(Oc2ccccc2)cc1. The zero-order valence-corrected chi connectivity index (χ0v) is 16.8. The van der Waals surface area contributed by atoms with E-state index >= 15 is 0 Å². The topological polar surface area (TPSA) is 97.0 Å². The molecule has 1 atom stereocenters. The van der Waals surface area contributed by atoms with Gasteiger partial charge in [0.25, 0.3) is 5.91 Å². The van der Waals surface area contributed by atoms with Crippen LogP contribution in [0.2, 0.25) is 0 Å². The largest absolute Gasteiger partial charge is 0.484 e. The standard InChI is InChI=1S/C22H25N3O5/c1-23-22(28)19-8-5-13-25(19)21(27)14-24-20(26)15-29-16-9-11-18(12-10-16)30-17-6-3-2-4-7-17/h2-4,6-7,9-12,19H,5,8,13-15H2,1H3,(H,23,28)(H,24,26). The third-order valence-electron chi connectivity index (χ3n) is 4.73. The number of benzene rings is 2. The van der Waals surface area contributed by atoms with Crippen molar-refractivity contribution < 1.29 is 23.9 Å². The Morgan fingerprint density at radius 2 is 1.67 bits per heavy atom. The van der Waals surface area contributed by atoms with Crippen LogP contribution >= 0.6 is 0 Å². The van der Waals surface area contributed by atoms with Gasteiger partial charge in [-0.1, -0.05) is 18.2 Å². The summed E-state index contributed by atoms with van der Waals surface area (Å²) in [4.78, 5) is 37.7. The van der Waals surface area contributed by atoms with Gasteiger partial charge in [-0.2, -0.15) is 0 Å². The molecule has 2 aromatic rings. The Labute approximate surface area is 175 Å². The van der Waals surface area contributed by atoms with Gasteiger partial charge in [0.05, 0.1) is 6.54 Å². The molecule has 8 nitrogen and oxygen atoms in total. The first-order valence-corrected chi connectivity index (χ1v) is 9.80. The van der Waals surface area contributed by atoms with Gasteiger partial charge >= 0.3 is 0 Å². The molecule has 2 aromatic carbocycles. The summed E-state index contributed by atoms with van der Waals surface area (Å²) >= 11 is 0. The van der Waals surface area contributed by atoms with Crippen LogP contribution in [0.3, 0.4) is 0 Å². The molecular weight excluding hydrogens is 386 g/mol. The van der Waals surface area contributed by atoms with Crippen molar-refractivity contribution in [2.45, 2.75) is 18.9 Å². The zero-order valence-electron chi connectivity index (χ0n) is 16.8. The first-order chi connectivity index (χ1) is 14.6. The Morgan fingerprint density at radius 1 is 1.00 bits per heavy atom. The van der Waals surface area contributed by atoms with Gasteiger partial charge in [-0.3, -0.25) is 14.4 Å². The van der Waals surface area contributed by atoms with Crippen LogP contribution in [0.4, 0.5) is 0 Å². The highest BCUT2D eigenvalue weighted by atomic mass is 16.5. The number of likely N-dealkylation sites (N-methyl/N-ethyl adjacent to an activating group) is 1. The van der Waals surface area contributed by atoms with Gasteiger partial charge in [-0.05, 0) is 49.2 Å². The van der Waals surface area contributed by atoms with Crippen LogP contribution in [0.15, 0.2) is 54.6 Å². The molecule has 3 amide bonds. The lowest BCUT2D eigenvalue weighted by Crippen LogP contribution is -2.48. The second-order valence-corrected chi connectivity index (χ2v) is 6.81. The molecule has 0 spiro atoms. The molecule has 0 radical (unpaired) electrons. The van der Waals surface area contributed by atoms with E-state index < -0.39 is 11.9 Å². The number of carbonyl (C=O) groups excluding carboxylic acids is 3. The number of rotatable bonds is 8. The fourth-order valence-corrected chi connectivity index (χ4v) is 3.21. The molecule has 1 fully saturated rings. The average molecular weight is 411 g/mol. The predicted octanol–water partition coefficient (Wildman–Crippen LogP) is 1.71. The van der Waals surface area contributed by atoms with E-state index in [-0.39, 0.29) is 25.0 Å². The van der Waals surface area contributed by atoms with Crippen LogP contribution < -0.4 is 20.1 Å². The average Bonchev–Trinajstić information content (AvgIpc) is 3.27. The number of hydrogen-bond donors (Lipinski definition) is 2. The molecular formula is C22H25N3O5. The fraction of sp³-hybridized carbons (Fsp3) is 0.318. The summed E-state index contributed by atoms with van der Waals surface area (Å²) in [7, 11) is 1.54. The summed E-state index contributed by atoms with van der Waals surface area (Å²) < 4.78 is 11.2. The van der Waals surface area contributed by atoms with Crippen LogP contribution in [0.25, 0.3) is 0 Å². The van der Waals surface area contributed by atoms with Gasteiger partial charge in [0, 0.05) is 13.6 Å². The van der Waals surface area contributed by atoms with Crippen LogP contribution in [0.5, 0.6) is 17.2 Å². The highest BCUT2D eigenvalue weighted by Crippen LogP contribution is 2.23. The highest BCUT2D eigenvalue weighted by molar-refractivity contribution is 5.90. The van der Waals surface area contributed by atoms with E-state index in [0.717, 1.165) is 12.2 Å². The number of likely N-dealkylation sites (tertiary alicyclic amines) is 1. The monoisotopic (exact) mass is 411 g/mol. The molecule has 1 heterocycles. The highest BCUT2D eigenvalue weighted by Gasteiger charge is 2.33. The first kappa shape index (κ1) is 21.2. The lowest BCUT2D eigenvalue weighted by molar-refractivity contribution is -0.138. The second kappa shape index (κ2) is 10.3. The van der Waals surface area contributed by atoms with Crippen LogP contribution in [0.1, 0.15) is 12.8 Å². The van der Waals surface area contributed by atoms with Crippen LogP contribution in [-0.2, 0) is 14.4 Å². The van der Waals surface area contributed by atoms with Crippen molar-refractivity contribution in [1.29, 1.82) is 0 Å². The van der Waals surface area contributed by atoms with Crippen molar-refractivity contribution in [3.05, 3.63) is 54.6 Å². The van der Waals surface area contributed by atoms with Gasteiger partial charge in [-0.25, -0.2) is 0 Å². The number of nitrogens with one attached hydrogen (secondary N) is 2. The molecule has 0 aromatic heterocycles. The fourth-order valence-electron chi connectivity index (χ4n) is 3.21. The normalized spacial score (nSPS) is 15.4. The van der Waals surface area contributed by atoms with E-state index in [9.17, 15) is 14.4 Å². The Bertz CT molecular complexity index is 870. The lowest BCUT2D eigenvalue weighted by atomic mass is 10.2. The molecule has 30 heavy (non-hydrogen) atoms. The number of carbonyl (C=O) groups is 3. The van der Waals surface area contributed by atoms with E-state index in [2.05, 4.69) is 10.6 Å². The van der Waals surface area contributed by atoms with Gasteiger partial charge in [0.2, 0.25) is 11.8 Å². The minimum absolute atomic E-state index is 0.167. The molecule has 1 aliphatic rings. The number of ether oxygens (including phenoxy) is 2. The van der Waals surface area contributed by atoms with Gasteiger partial charge in [0.1, 0.15) is 23.3 Å². The maximum Gasteiger partial charge on any atom is 0.258 e. The number of hydrogen-bond acceptors (Lipinski definition) is 5. The predicted molar refractivity (Wildman–Crippen MR) is 110 cm³/mol. The van der Waals surface area contributed by atoms with Crippen molar-refractivity contribution in [1.82, 2.24) is 15.5 Å². The molecule has 8 heteroatoms. The Kier molecular flexibility index (Phi) is 7.26. The van der Waals surface area contributed by atoms with E-state index in [1.165, 1.54) is 4.90 Å². The molecule has 0 bridgehead atoms. The molecule has 1 aliphatic heterocycles. The molecule has 0 aliphatic carbocycles. The zero-order chi connectivity index (χ0) is 21.3. The maximum absolute atomic E-state index is 12.3. The summed E-state index contributed by atoms with van der Waals surface area (Å²) in [5, 5.41) is 5.10. The summed E-state index contributed by atoms with van der Waals surface area (Å²) in [5.74, 6) is 1.01. The van der Waals surface area contributed by atoms with Crippen molar-refractivity contribution in [3.8, 4) is 17.2 Å². The van der Waals surface area contributed by atoms with Gasteiger partial charge in [-0.15, -0.1) is 0 Å². The molecule has 0 saturated carbocycles. The van der Waals surface area contributed by atoms with Gasteiger partial charge in [0.15, 0.2) is 6.61 Å². The minimum Gasteiger partial charge on any atom is -0.484 e. The Balaban J connectivity index is 1.41. The molecule has 1 unspecified atom stereocenters. The molecule has 1 saturated heterocycles. The van der Waals surface area contributed by atoms with Crippen molar-refractivity contribution >= 4 is 17.7 Å². The summed E-state index contributed by atoms with van der Waals surface area (Å²) in [6, 6.07) is 15.8. The van der Waals surface area contributed by atoms with E-state index in [1.54, 1.807) is 31.3 Å². The Hall–Kier alpha value is -3.55. The van der Waals surface area contributed by atoms with Crippen molar-refractivity contribution in [2.75, 3.05) is 26.7 Å². The Morgan fingerprint density at radius 3 is 2.37 bits per heavy atom. The lowest BCUT2D eigenvalue weighted by Gasteiger charge is -2.23. The second-order valence-electron chi connectivity index (χ2n) is 6.81. The van der Waals surface area contributed by atoms with E-state index in [4.69, 9.17) is 9.47 Å². The third-order valence-corrected chi connectivity index (χ3v) is 4.73. The van der Waals surface area contributed by atoms with Crippen molar-refractivity contribution in [2.24, 2.45) is 0 Å². The first-order valence-electron chi connectivity index (χ1n) is 9.80. The smallest absolute Gasteiger partial charge is 0.258 e. The minimum atomic E-state index is -0.465. The summed E-state index contributed by atoms with van der Waals surface area (Å²) in [6.07, 6.45) is 1.40. The quantitative estimate of drug-likeness (QED) is 0.689. The summed E-state index contributed by atoms with van der Waals surface area (Å²) in [6.45, 7) is 0.130. The van der Waals surface area contributed by atoms with Crippen LogP contribution in [0, 0.1) is 0 Å². The van der Waals surface area contributed by atoms with Gasteiger partial charge < -0.3 is 25.0 Å². The van der Waals surface area contributed by atoms with Crippen LogP contribution in [-0.4, -0.2) is 55.4 Å². The number of nitrogens with zero attached hydrogens (tertiary/aromatic N) is 1. The molecule has 3 rings (SSSR count). The molecule has 158 valence electrons. The summed E-state index contributed by atoms with van der Waals surface area (Å²) in [5.41, 5.74) is 0. The third kappa shape index (κ3) is 5.73. The van der Waals surface area contributed by atoms with E-state index in [0.29, 0.717) is 24.5 Å². The maximum atomic E-state index is 12.3. The number of para-hydroxylation sites is 1. The number of amides is 3. The molecule has 2 N–H and O–H groups in total. The van der Waals surface area contributed by atoms with E-state index in [1.807, 2.05) is 30.3 Å². The van der Waals surface area contributed by atoms with Crippen molar-refractivity contribution in [3.63, 3.8) is 0 Å².